The van der Waals surface area contributed by atoms with E-state index < -0.39 is 0 Å². The topological polar surface area (TPSA) is 12.5 Å². The van der Waals surface area contributed by atoms with Gasteiger partial charge in [-0.1, -0.05) is 64.5 Å². The molecular formula is C24H18BrNO. The summed E-state index contributed by atoms with van der Waals surface area (Å²) >= 11 is 3.68. The van der Waals surface area contributed by atoms with Crippen LogP contribution in [0.3, 0.4) is 0 Å². The normalized spacial score (nSPS) is 15.2. The largest absolute Gasteiger partial charge is 0.457 e. The predicted molar refractivity (Wildman–Crippen MR) is 114 cm³/mol. The van der Waals surface area contributed by atoms with Gasteiger partial charge in [-0.15, -0.1) is 0 Å². The number of nitrogens with zero attached hydrogens (tertiary/aromatic N) is 1. The summed E-state index contributed by atoms with van der Waals surface area (Å²) in [5.74, 6) is 1.96. The summed E-state index contributed by atoms with van der Waals surface area (Å²) in [5.41, 5.74) is 5.72. The van der Waals surface area contributed by atoms with Gasteiger partial charge < -0.3 is 9.64 Å². The number of ether oxygens (including phenoxy) is 1. The number of hydrogen-bond acceptors (Lipinski definition) is 2. The Labute approximate surface area is 167 Å². The highest BCUT2D eigenvalue weighted by atomic mass is 79.9. The lowest BCUT2D eigenvalue weighted by Crippen LogP contribution is -2.24. The monoisotopic (exact) mass is 415 g/mol. The van der Waals surface area contributed by atoms with Crippen molar-refractivity contribution in [3.8, 4) is 16.9 Å². The zero-order valence-corrected chi connectivity index (χ0v) is 16.3. The molecule has 132 valence electrons. The maximum Gasteiger partial charge on any atom is 0.151 e. The van der Waals surface area contributed by atoms with E-state index in [0.29, 0.717) is 0 Å². The average molecular weight is 416 g/mol. The molecule has 3 aromatic carbocycles. The Balaban J connectivity index is 1.67. The molecule has 2 nitrogen and oxygen atoms in total. The third-order valence-corrected chi connectivity index (χ3v) is 5.66. The van der Waals surface area contributed by atoms with Crippen LogP contribution >= 0.6 is 15.9 Å². The Hall–Kier alpha value is -2.78. The molecule has 1 heterocycles. The first kappa shape index (κ1) is 16.4. The van der Waals surface area contributed by atoms with Crippen LogP contribution in [0.2, 0.25) is 0 Å². The van der Waals surface area contributed by atoms with Crippen LogP contribution in [0.25, 0.3) is 11.1 Å². The Morgan fingerprint density at radius 3 is 2.67 bits per heavy atom. The molecule has 27 heavy (non-hydrogen) atoms. The fourth-order valence-electron chi connectivity index (χ4n) is 3.71. The van der Waals surface area contributed by atoms with Crippen molar-refractivity contribution in [2.24, 2.45) is 0 Å². The van der Waals surface area contributed by atoms with E-state index in [-0.39, 0.29) is 0 Å². The van der Waals surface area contributed by atoms with E-state index in [4.69, 9.17) is 4.74 Å². The first-order valence-corrected chi connectivity index (χ1v) is 9.92. The number of rotatable bonds is 2. The summed E-state index contributed by atoms with van der Waals surface area (Å²) in [6, 6.07) is 25.3. The molecule has 1 aliphatic heterocycles. The van der Waals surface area contributed by atoms with E-state index in [9.17, 15) is 0 Å². The second kappa shape index (κ2) is 6.75. The van der Waals surface area contributed by atoms with Crippen LogP contribution in [0.4, 0.5) is 11.4 Å². The van der Waals surface area contributed by atoms with Crippen LogP contribution in [0.1, 0.15) is 12.8 Å². The minimum absolute atomic E-state index is 0.915. The van der Waals surface area contributed by atoms with Crippen molar-refractivity contribution in [1.29, 1.82) is 0 Å². The number of halogens is 1. The Morgan fingerprint density at radius 2 is 1.74 bits per heavy atom. The Morgan fingerprint density at radius 1 is 0.889 bits per heavy atom. The van der Waals surface area contributed by atoms with Gasteiger partial charge in [0.2, 0.25) is 0 Å². The van der Waals surface area contributed by atoms with Crippen LogP contribution in [-0.4, -0.2) is 0 Å². The highest BCUT2D eigenvalue weighted by molar-refractivity contribution is 9.10. The minimum Gasteiger partial charge on any atom is -0.457 e. The van der Waals surface area contributed by atoms with E-state index in [1.165, 1.54) is 11.1 Å². The summed E-state index contributed by atoms with van der Waals surface area (Å²) in [4.78, 5) is 2.31. The van der Waals surface area contributed by atoms with Crippen molar-refractivity contribution in [3.05, 3.63) is 101 Å². The van der Waals surface area contributed by atoms with Crippen molar-refractivity contribution in [1.82, 2.24) is 0 Å². The van der Waals surface area contributed by atoms with E-state index in [2.05, 4.69) is 87.6 Å². The van der Waals surface area contributed by atoms with Crippen LogP contribution in [-0.2, 0) is 0 Å². The minimum atomic E-state index is 0.915. The molecule has 0 radical (unpaired) electrons. The van der Waals surface area contributed by atoms with Crippen LogP contribution in [0.15, 0.2) is 101 Å². The number of allylic oxidation sites excluding steroid dienone is 3. The van der Waals surface area contributed by atoms with E-state index >= 15 is 0 Å². The number of anilines is 2. The maximum absolute atomic E-state index is 6.20. The molecule has 0 saturated heterocycles. The fourth-order valence-corrected chi connectivity index (χ4v) is 4.22. The lowest BCUT2D eigenvalue weighted by Gasteiger charge is -2.35. The second-order valence-electron chi connectivity index (χ2n) is 6.68. The van der Waals surface area contributed by atoms with Crippen molar-refractivity contribution < 1.29 is 4.74 Å². The number of fused-ring (bicyclic) bond motifs is 1. The lowest BCUT2D eigenvalue weighted by atomic mass is 10.0. The van der Waals surface area contributed by atoms with E-state index in [1.807, 2.05) is 18.2 Å². The first-order chi connectivity index (χ1) is 13.3. The standard InChI is InChI=1S/C24H18BrNO/c25-20-11-2-1-10-19(20)17-8-7-9-18(16-17)26-21-12-3-5-14-23(21)27-24-15-6-4-13-22(24)26/h1-5,7-14,16H,6,15H2. The average Bonchev–Trinajstić information content (AvgIpc) is 2.72. The Bertz CT molecular complexity index is 1080. The van der Waals surface area contributed by atoms with Crippen molar-refractivity contribution in [2.45, 2.75) is 12.8 Å². The zero-order valence-electron chi connectivity index (χ0n) is 14.7. The van der Waals surface area contributed by atoms with Crippen LogP contribution in [0.5, 0.6) is 5.75 Å². The maximum atomic E-state index is 6.20. The molecule has 0 fully saturated rings. The van der Waals surface area contributed by atoms with Gasteiger partial charge in [0, 0.05) is 16.6 Å². The molecule has 0 saturated carbocycles. The molecule has 0 aromatic heterocycles. The second-order valence-corrected chi connectivity index (χ2v) is 7.54. The molecule has 0 N–H and O–H groups in total. The molecule has 0 spiro atoms. The first-order valence-electron chi connectivity index (χ1n) is 9.13. The van der Waals surface area contributed by atoms with Gasteiger partial charge >= 0.3 is 0 Å². The zero-order chi connectivity index (χ0) is 18.2. The highest BCUT2D eigenvalue weighted by Gasteiger charge is 2.27. The van der Waals surface area contributed by atoms with Gasteiger partial charge in [-0.2, -0.15) is 0 Å². The third kappa shape index (κ3) is 2.88. The molecule has 0 bridgehead atoms. The summed E-state index contributed by atoms with van der Waals surface area (Å²) in [7, 11) is 0. The summed E-state index contributed by atoms with van der Waals surface area (Å²) in [6.45, 7) is 0. The molecule has 2 aliphatic rings. The SMILES string of the molecule is Brc1ccccc1-c1cccc(N2C3=C(CCC=C3)Oc3ccccc32)c1. The number of hydrogen-bond donors (Lipinski definition) is 0. The van der Waals surface area contributed by atoms with E-state index in [1.54, 1.807) is 0 Å². The van der Waals surface area contributed by atoms with Gasteiger partial charge in [0.15, 0.2) is 5.75 Å². The van der Waals surface area contributed by atoms with Gasteiger partial charge in [0.05, 0.1) is 11.4 Å². The smallest absolute Gasteiger partial charge is 0.151 e. The summed E-state index contributed by atoms with van der Waals surface area (Å²) in [5, 5.41) is 0. The molecule has 0 unspecified atom stereocenters. The van der Waals surface area contributed by atoms with Crippen molar-refractivity contribution in [2.75, 3.05) is 4.90 Å². The van der Waals surface area contributed by atoms with Gasteiger partial charge in [0.25, 0.3) is 0 Å². The molecule has 0 atom stereocenters. The number of benzene rings is 3. The van der Waals surface area contributed by atoms with Gasteiger partial charge in [-0.05, 0) is 54.0 Å². The van der Waals surface area contributed by atoms with Gasteiger partial charge in [0.1, 0.15) is 5.76 Å². The number of para-hydroxylation sites is 2. The molecule has 0 amide bonds. The predicted octanol–water partition coefficient (Wildman–Crippen LogP) is 7.21. The molecule has 3 heteroatoms. The van der Waals surface area contributed by atoms with Gasteiger partial charge in [-0.3, -0.25) is 0 Å². The van der Waals surface area contributed by atoms with Crippen LogP contribution < -0.4 is 9.64 Å². The molecule has 1 aliphatic carbocycles. The summed E-state index contributed by atoms with van der Waals surface area (Å²) in [6.07, 6.45) is 6.35. The van der Waals surface area contributed by atoms with Crippen molar-refractivity contribution >= 4 is 27.3 Å². The lowest BCUT2D eigenvalue weighted by molar-refractivity contribution is 0.388. The summed E-state index contributed by atoms with van der Waals surface area (Å²) < 4.78 is 7.30. The molecule has 3 aromatic rings. The molecular weight excluding hydrogens is 398 g/mol. The van der Waals surface area contributed by atoms with Crippen LogP contribution in [0, 0.1) is 0 Å². The third-order valence-electron chi connectivity index (χ3n) is 4.97. The fraction of sp³-hybridized carbons (Fsp3) is 0.0833. The van der Waals surface area contributed by atoms with Gasteiger partial charge in [-0.25, -0.2) is 0 Å². The van der Waals surface area contributed by atoms with Crippen molar-refractivity contribution in [3.63, 3.8) is 0 Å². The molecule has 5 rings (SSSR count). The van der Waals surface area contributed by atoms with E-state index in [0.717, 1.165) is 45.9 Å². The Kier molecular flexibility index (Phi) is 4.10. The quantitative estimate of drug-likeness (QED) is 0.438. The highest BCUT2D eigenvalue weighted by Crippen LogP contribution is 2.45.